The van der Waals surface area contributed by atoms with Crippen LogP contribution in [0.15, 0.2) is 24.3 Å². The van der Waals surface area contributed by atoms with Gasteiger partial charge in [-0.15, -0.1) is 0 Å². The molecule has 38 heavy (non-hydrogen) atoms. The summed E-state index contributed by atoms with van der Waals surface area (Å²) in [4.78, 5) is 0. The third-order valence-corrected chi connectivity index (χ3v) is 11.7. The summed E-state index contributed by atoms with van der Waals surface area (Å²) in [5.74, 6) is 5.15. The van der Waals surface area contributed by atoms with Gasteiger partial charge in [0.25, 0.3) is 0 Å². The van der Waals surface area contributed by atoms with Crippen molar-refractivity contribution >= 4 is 0 Å². The van der Waals surface area contributed by atoms with Crippen molar-refractivity contribution in [3.8, 4) is 0 Å². The van der Waals surface area contributed by atoms with Crippen molar-refractivity contribution in [3.63, 3.8) is 0 Å². The van der Waals surface area contributed by atoms with Crippen molar-refractivity contribution in [2.75, 3.05) is 0 Å². The summed E-state index contributed by atoms with van der Waals surface area (Å²) in [6, 6.07) is 9.68. The molecule has 1 aromatic rings. The van der Waals surface area contributed by atoms with Crippen LogP contribution in [-0.4, -0.2) is 24.4 Å². The van der Waals surface area contributed by atoms with Gasteiger partial charge in [0.2, 0.25) is 0 Å². The van der Waals surface area contributed by atoms with Crippen LogP contribution in [0.25, 0.3) is 0 Å². The largest absolute Gasteiger partial charge is 0.369 e. The van der Waals surface area contributed by atoms with E-state index in [0.717, 1.165) is 35.5 Å². The highest BCUT2D eigenvalue weighted by Crippen LogP contribution is 2.51. The first-order valence-electron chi connectivity index (χ1n) is 17.1. The molecule has 0 N–H and O–H groups in total. The van der Waals surface area contributed by atoms with Crippen LogP contribution in [0.4, 0.5) is 0 Å². The SMILES string of the molecule is CCCCCc1ccc(C2CCC([C@@H]3O[C@H]3C3CCC(C4OC4C4CCC(CCC)CC4)CC3)CC2)cc1. The van der Waals surface area contributed by atoms with E-state index in [1.54, 1.807) is 5.56 Å². The van der Waals surface area contributed by atoms with Gasteiger partial charge < -0.3 is 9.47 Å². The second-order valence-electron chi connectivity index (χ2n) is 14.2. The molecular weight excluding hydrogens is 464 g/mol. The standard InChI is InChI=1S/C36H56O2/c1-3-5-6-8-26-9-13-27(14-10-26)28-17-19-30(20-18-28)34-36(38-34)32-23-21-31(22-24-32)35-33(37-35)29-15-11-25(7-4-2)12-16-29/h9-10,13-14,25,28-36H,3-8,11-12,15-24H2,1-2H3/t25?,28?,29?,30?,31?,32?,33?,34-,35?,36-/m0/s1. The molecule has 0 aromatic heterocycles. The number of rotatable bonds is 11. The van der Waals surface area contributed by atoms with Crippen molar-refractivity contribution in [2.24, 2.45) is 29.6 Å². The van der Waals surface area contributed by atoms with E-state index >= 15 is 0 Å². The minimum absolute atomic E-state index is 0.585. The molecule has 0 amide bonds. The lowest BCUT2D eigenvalue weighted by Crippen LogP contribution is -2.27. The van der Waals surface area contributed by atoms with E-state index < -0.39 is 0 Å². The molecule has 2 heterocycles. The maximum atomic E-state index is 6.43. The molecule has 4 atom stereocenters. The third-order valence-electron chi connectivity index (χ3n) is 11.7. The molecule has 5 aliphatic rings. The molecule has 212 valence electrons. The number of hydrogen-bond acceptors (Lipinski definition) is 2. The van der Waals surface area contributed by atoms with Gasteiger partial charge >= 0.3 is 0 Å². The Morgan fingerprint density at radius 2 is 1.03 bits per heavy atom. The van der Waals surface area contributed by atoms with Gasteiger partial charge in [0.05, 0.1) is 24.4 Å². The lowest BCUT2D eigenvalue weighted by molar-refractivity contribution is 0.189. The lowest BCUT2D eigenvalue weighted by atomic mass is 9.73. The molecule has 0 bridgehead atoms. The average molecular weight is 521 g/mol. The molecule has 6 rings (SSSR count). The Balaban J connectivity index is 0.882. The Morgan fingerprint density at radius 1 is 0.553 bits per heavy atom. The summed E-state index contributed by atoms with van der Waals surface area (Å²) in [5.41, 5.74) is 3.11. The fraction of sp³-hybridized carbons (Fsp3) is 0.833. The molecular formula is C36H56O2. The summed E-state index contributed by atoms with van der Waals surface area (Å²) >= 11 is 0. The van der Waals surface area contributed by atoms with Crippen molar-refractivity contribution in [1.82, 2.24) is 0 Å². The molecule has 2 aliphatic heterocycles. The zero-order valence-corrected chi connectivity index (χ0v) is 24.6. The van der Waals surface area contributed by atoms with Gasteiger partial charge in [0.1, 0.15) is 0 Å². The average Bonchev–Trinajstić information content (AvgIpc) is 3.89. The fourth-order valence-corrected chi connectivity index (χ4v) is 9.12. The number of aryl methyl sites for hydroxylation is 1. The zero-order valence-electron chi connectivity index (χ0n) is 24.6. The highest BCUT2D eigenvalue weighted by atomic mass is 16.6. The van der Waals surface area contributed by atoms with Gasteiger partial charge in [-0.3, -0.25) is 0 Å². The Morgan fingerprint density at radius 3 is 1.50 bits per heavy atom. The van der Waals surface area contributed by atoms with E-state index in [-0.39, 0.29) is 0 Å². The van der Waals surface area contributed by atoms with Crippen LogP contribution in [0, 0.1) is 29.6 Å². The Labute approximate surface area is 234 Å². The topological polar surface area (TPSA) is 25.1 Å². The maximum absolute atomic E-state index is 6.43. The number of unbranched alkanes of at least 4 members (excludes halogenated alkanes) is 2. The van der Waals surface area contributed by atoms with Crippen LogP contribution in [0.3, 0.4) is 0 Å². The van der Waals surface area contributed by atoms with Crippen LogP contribution >= 0.6 is 0 Å². The second-order valence-corrected chi connectivity index (χ2v) is 14.2. The molecule has 3 saturated carbocycles. The number of benzene rings is 1. The monoisotopic (exact) mass is 520 g/mol. The molecule has 2 saturated heterocycles. The van der Waals surface area contributed by atoms with E-state index in [2.05, 4.69) is 38.1 Å². The van der Waals surface area contributed by atoms with Crippen LogP contribution < -0.4 is 0 Å². The van der Waals surface area contributed by atoms with Gasteiger partial charge in [-0.05, 0) is 124 Å². The summed E-state index contributed by atoms with van der Waals surface area (Å²) in [6.07, 6.45) is 27.3. The smallest absolute Gasteiger partial charge is 0.0872 e. The molecule has 2 unspecified atom stereocenters. The fourth-order valence-electron chi connectivity index (χ4n) is 9.12. The molecule has 2 heteroatoms. The van der Waals surface area contributed by atoms with E-state index in [0.29, 0.717) is 24.4 Å². The van der Waals surface area contributed by atoms with Gasteiger partial charge in [-0.25, -0.2) is 0 Å². The van der Waals surface area contributed by atoms with E-state index in [1.807, 2.05) is 0 Å². The Kier molecular flexibility index (Phi) is 9.17. The highest BCUT2D eigenvalue weighted by molar-refractivity contribution is 5.26. The first-order chi connectivity index (χ1) is 18.7. The van der Waals surface area contributed by atoms with Crippen molar-refractivity contribution < 1.29 is 9.47 Å². The molecule has 5 fully saturated rings. The number of ether oxygens (including phenoxy) is 2. The Bertz CT molecular complexity index is 839. The lowest BCUT2D eigenvalue weighted by Gasteiger charge is -2.30. The second kappa shape index (κ2) is 12.8. The molecule has 0 spiro atoms. The summed E-state index contributed by atoms with van der Waals surface area (Å²) < 4.78 is 12.8. The molecule has 0 radical (unpaired) electrons. The predicted molar refractivity (Wildman–Crippen MR) is 157 cm³/mol. The van der Waals surface area contributed by atoms with Crippen LogP contribution in [-0.2, 0) is 15.9 Å². The first-order valence-corrected chi connectivity index (χ1v) is 17.1. The summed E-state index contributed by atoms with van der Waals surface area (Å²) in [6.45, 7) is 4.63. The van der Waals surface area contributed by atoms with Crippen LogP contribution in [0.1, 0.15) is 140 Å². The quantitative estimate of drug-likeness (QED) is 0.214. The first kappa shape index (κ1) is 27.3. The highest BCUT2D eigenvalue weighted by Gasteiger charge is 2.53. The predicted octanol–water partition coefficient (Wildman–Crippen LogP) is 9.64. The molecule has 1 aromatic carbocycles. The van der Waals surface area contributed by atoms with Gasteiger partial charge in [0.15, 0.2) is 0 Å². The van der Waals surface area contributed by atoms with E-state index in [4.69, 9.17) is 9.47 Å². The minimum Gasteiger partial charge on any atom is -0.369 e. The van der Waals surface area contributed by atoms with Crippen molar-refractivity contribution in [3.05, 3.63) is 35.4 Å². The van der Waals surface area contributed by atoms with Gasteiger partial charge in [0, 0.05) is 0 Å². The van der Waals surface area contributed by atoms with Gasteiger partial charge in [-0.2, -0.15) is 0 Å². The molecule has 2 nitrogen and oxygen atoms in total. The normalized spacial score (nSPS) is 41.1. The van der Waals surface area contributed by atoms with Gasteiger partial charge in [-0.1, -0.05) is 76.6 Å². The number of hydrogen-bond donors (Lipinski definition) is 0. The Hall–Kier alpha value is -0.860. The van der Waals surface area contributed by atoms with Crippen LogP contribution in [0.2, 0.25) is 0 Å². The molecule has 3 aliphatic carbocycles. The maximum Gasteiger partial charge on any atom is 0.0872 e. The van der Waals surface area contributed by atoms with E-state index in [9.17, 15) is 0 Å². The van der Waals surface area contributed by atoms with Crippen molar-refractivity contribution in [1.29, 1.82) is 0 Å². The van der Waals surface area contributed by atoms with E-state index in [1.165, 1.54) is 121 Å². The summed E-state index contributed by atoms with van der Waals surface area (Å²) in [5, 5.41) is 0. The number of epoxide rings is 2. The zero-order chi connectivity index (χ0) is 25.9. The van der Waals surface area contributed by atoms with Crippen LogP contribution in [0.5, 0.6) is 0 Å². The minimum atomic E-state index is 0.585. The summed E-state index contributed by atoms with van der Waals surface area (Å²) in [7, 11) is 0. The van der Waals surface area contributed by atoms with Crippen molar-refractivity contribution in [2.45, 2.75) is 160 Å². The third kappa shape index (κ3) is 6.54.